The third-order valence-corrected chi connectivity index (χ3v) is 10.4. The molecule has 6 aromatic rings. The lowest BCUT2D eigenvalue weighted by Crippen LogP contribution is -2.26. The average Bonchev–Trinajstić information content (AvgIpc) is 3.25. The van der Waals surface area contributed by atoms with E-state index in [1.165, 1.54) is 11.1 Å². The van der Waals surface area contributed by atoms with Crippen LogP contribution in [0.15, 0.2) is 181 Å². The van der Waals surface area contributed by atoms with Crippen LogP contribution in [0.4, 0.5) is 0 Å². The molecule has 0 unspecified atom stereocenters. The number of aliphatic imine (C=N–C) groups is 1. The molecular weight excluding hydrogens is 659 g/mol. The summed E-state index contributed by atoms with van der Waals surface area (Å²) in [5, 5.41) is 0. The SMILES string of the molecule is C=C(/C=C(\N=C(C)c1ccccn1)C1=CCCC=C1)c1ccc(C(CC)(CC)c2ccc(-c3cc(-c4ccccc4)nc(-c4ccccn4)n3)cc2)cc1. The van der Waals surface area contributed by atoms with Gasteiger partial charge in [-0.05, 0) is 96.9 Å². The molecule has 3 aromatic heterocycles. The molecule has 0 atom stereocenters. The molecule has 5 nitrogen and oxygen atoms in total. The Morgan fingerprint density at radius 1 is 0.704 bits per heavy atom. The molecule has 0 radical (unpaired) electrons. The predicted octanol–water partition coefficient (Wildman–Crippen LogP) is 12.1. The molecule has 1 aliphatic carbocycles. The van der Waals surface area contributed by atoms with Crippen LogP contribution in [0, 0.1) is 0 Å². The van der Waals surface area contributed by atoms with Gasteiger partial charge in [-0.25, -0.2) is 9.97 Å². The summed E-state index contributed by atoms with van der Waals surface area (Å²) in [7, 11) is 0. The van der Waals surface area contributed by atoms with Crippen LogP contribution >= 0.6 is 0 Å². The van der Waals surface area contributed by atoms with Gasteiger partial charge in [0.15, 0.2) is 5.82 Å². The summed E-state index contributed by atoms with van der Waals surface area (Å²) in [4.78, 5) is 24.0. The first kappa shape index (κ1) is 36.0. The van der Waals surface area contributed by atoms with Crippen LogP contribution < -0.4 is 0 Å². The topological polar surface area (TPSA) is 63.9 Å². The van der Waals surface area contributed by atoms with Crippen molar-refractivity contribution in [3.8, 4) is 34.0 Å². The van der Waals surface area contributed by atoms with Crippen molar-refractivity contribution in [3.63, 3.8) is 0 Å². The highest BCUT2D eigenvalue weighted by atomic mass is 14.9. The Balaban J connectivity index is 1.18. The molecule has 54 heavy (non-hydrogen) atoms. The molecule has 0 N–H and O–H groups in total. The Labute approximate surface area is 319 Å². The third kappa shape index (κ3) is 7.86. The van der Waals surface area contributed by atoms with Crippen LogP contribution in [-0.2, 0) is 5.41 Å². The normalized spacial score (nSPS) is 13.4. The van der Waals surface area contributed by atoms with Gasteiger partial charge in [-0.1, -0.05) is 130 Å². The lowest BCUT2D eigenvalue weighted by atomic mass is 9.70. The molecule has 0 aliphatic heterocycles. The number of hydrogen-bond donors (Lipinski definition) is 0. The zero-order chi connectivity index (χ0) is 37.3. The van der Waals surface area contributed by atoms with Crippen LogP contribution in [0.2, 0.25) is 0 Å². The van der Waals surface area contributed by atoms with Crippen molar-refractivity contribution in [2.24, 2.45) is 4.99 Å². The van der Waals surface area contributed by atoms with Gasteiger partial charge in [0.25, 0.3) is 0 Å². The van der Waals surface area contributed by atoms with Gasteiger partial charge in [-0.3, -0.25) is 15.0 Å². The van der Waals surface area contributed by atoms with E-state index in [-0.39, 0.29) is 5.41 Å². The van der Waals surface area contributed by atoms with Crippen LogP contribution in [0.25, 0.3) is 39.6 Å². The summed E-state index contributed by atoms with van der Waals surface area (Å²) < 4.78 is 0. The Bertz CT molecular complexity index is 2270. The highest BCUT2D eigenvalue weighted by Crippen LogP contribution is 2.40. The maximum absolute atomic E-state index is 5.05. The molecule has 0 fully saturated rings. The number of allylic oxidation sites excluding steroid dienone is 5. The fraction of sp³-hybridized carbons (Fsp3) is 0.163. The van der Waals surface area contributed by atoms with Crippen molar-refractivity contribution in [2.75, 3.05) is 0 Å². The van der Waals surface area contributed by atoms with Crippen LogP contribution in [-0.4, -0.2) is 25.6 Å². The molecule has 266 valence electrons. The molecule has 3 aromatic carbocycles. The maximum atomic E-state index is 5.05. The van der Waals surface area contributed by atoms with E-state index >= 15 is 0 Å². The minimum Gasteiger partial charge on any atom is -0.255 e. The maximum Gasteiger partial charge on any atom is 0.179 e. The largest absolute Gasteiger partial charge is 0.255 e. The first-order valence-electron chi connectivity index (χ1n) is 18.8. The average molecular weight is 704 g/mol. The lowest BCUT2D eigenvalue weighted by molar-refractivity contribution is 0.478. The molecular formula is C49H45N5. The fourth-order valence-corrected chi connectivity index (χ4v) is 7.20. The second-order valence-electron chi connectivity index (χ2n) is 13.6. The van der Waals surface area contributed by atoms with Crippen molar-refractivity contribution in [1.82, 2.24) is 19.9 Å². The van der Waals surface area contributed by atoms with Gasteiger partial charge in [0, 0.05) is 28.9 Å². The monoisotopic (exact) mass is 703 g/mol. The zero-order valence-electron chi connectivity index (χ0n) is 31.3. The second-order valence-corrected chi connectivity index (χ2v) is 13.6. The molecule has 0 bridgehead atoms. The van der Waals surface area contributed by atoms with Crippen molar-refractivity contribution in [2.45, 2.75) is 51.9 Å². The second kappa shape index (κ2) is 16.6. The molecule has 5 heteroatoms. The number of pyridine rings is 2. The van der Waals surface area contributed by atoms with Crippen LogP contribution in [0.5, 0.6) is 0 Å². The third-order valence-electron chi connectivity index (χ3n) is 10.4. The van der Waals surface area contributed by atoms with E-state index in [1.807, 2.05) is 61.5 Å². The smallest absolute Gasteiger partial charge is 0.179 e. The van der Waals surface area contributed by atoms with E-state index in [0.29, 0.717) is 5.82 Å². The van der Waals surface area contributed by atoms with E-state index in [0.717, 1.165) is 87.7 Å². The van der Waals surface area contributed by atoms with Gasteiger partial charge < -0.3 is 0 Å². The summed E-state index contributed by atoms with van der Waals surface area (Å²) in [6.45, 7) is 11.1. The number of nitrogens with zero attached hydrogens (tertiary/aromatic N) is 5. The number of benzene rings is 3. The minimum absolute atomic E-state index is 0.152. The minimum atomic E-state index is -0.152. The Morgan fingerprint density at radius 3 is 1.93 bits per heavy atom. The molecule has 0 spiro atoms. The van der Waals surface area contributed by atoms with Gasteiger partial charge in [0.2, 0.25) is 0 Å². The Kier molecular flexibility index (Phi) is 11.1. The highest BCUT2D eigenvalue weighted by molar-refractivity contribution is 5.98. The summed E-state index contributed by atoms with van der Waals surface area (Å²) in [6.07, 6.45) is 16.3. The molecule has 0 saturated heterocycles. The van der Waals surface area contributed by atoms with Gasteiger partial charge >= 0.3 is 0 Å². The van der Waals surface area contributed by atoms with Crippen molar-refractivity contribution >= 4 is 11.3 Å². The first-order chi connectivity index (χ1) is 26.5. The molecule has 0 saturated carbocycles. The van der Waals surface area contributed by atoms with E-state index in [9.17, 15) is 0 Å². The summed E-state index contributed by atoms with van der Waals surface area (Å²) in [5.41, 5.74) is 12.7. The van der Waals surface area contributed by atoms with Gasteiger partial charge in [-0.15, -0.1) is 0 Å². The quantitative estimate of drug-likeness (QED) is 0.0940. The van der Waals surface area contributed by atoms with Crippen molar-refractivity contribution in [3.05, 3.63) is 198 Å². The molecule has 1 aliphatic rings. The number of hydrogen-bond acceptors (Lipinski definition) is 5. The van der Waals surface area contributed by atoms with Gasteiger partial charge in [0.05, 0.1) is 28.5 Å². The number of rotatable bonds is 12. The summed E-state index contributed by atoms with van der Waals surface area (Å²) in [5.74, 6) is 0.609. The van der Waals surface area contributed by atoms with E-state index in [4.69, 9.17) is 15.0 Å². The predicted molar refractivity (Wildman–Crippen MR) is 224 cm³/mol. The number of aromatic nitrogens is 4. The Morgan fingerprint density at radius 2 is 1.33 bits per heavy atom. The summed E-state index contributed by atoms with van der Waals surface area (Å²) >= 11 is 0. The van der Waals surface area contributed by atoms with E-state index in [2.05, 4.69) is 121 Å². The standard InChI is InChI=1S/C49H45N5/c1-5-49(6-2,41-27-23-37(24-28-41)35(3)33-45(38-17-9-7-10-18-38)52-36(4)43-21-13-15-31-50-43)42-29-25-40(26-30-42)47-34-46(39-19-11-8-12-20-39)53-48(54-47)44-22-14-16-32-51-44/h8-9,11-34H,3,5-7,10H2,1-2,4H3/b45-33-,52-36?. The Hall–Kier alpha value is -6.33. The molecule has 3 heterocycles. The zero-order valence-corrected chi connectivity index (χ0v) is 31.3. The molecule has 7 rings (SSSR count). The fourth-order valence-electron chi connectivity index (χ4n) is 7.20. The first-order valence-corrected chi connectivity index (χ1v) is 18.8. The van der Waals surface area contributed by atoms with E-state index < -0.39 is 0 Å². The van der Waals surface area contributed by atoms with Crippen LogP contribution in [0.3, 0.4) is 0 Å². The van der Waals surface area contributed by atoms with Gasteiger partial charge in [0.1, 0.15) is 5.69 Å². The highest BCUT2D eigenvalue weighted by Gasteiger charge is 2.30. The van der Waals surface area contributed by atoms with Crippen molar-refractivity contribution < 1.29 is 0 Å². The summed E-state index contributed by atoms with van der Waals surface area (Å²) in [6, 6.07) is 41.9. The lowest BCUT2D eigenvalue weighted by Gasteiger charge is -2.33. The molecule has 0 amide bonds. The van der Waals surface area contributed by atoms with Crippen molar-refractivity contribution in [1.29, 1.82) is 0 Å². The van der Waals surface area contributed by atoms with E-state index in [1.54, 1.807) is 12.4 Å². The van der Waals surface area contributed by atoms with Gasteiger partial charge in [-0.2, -0.15) is 0 Å². The van der Waals surface area contributed by atoms with Crippen LogP contribution in [0.1, 0.15) is 68.8 Å².